The molecule has 2 unspecified atom stereocenters. The first-order chi connectivity index (χ1) is 10.2. The van der Waals surface area contributed by atoms with Crippen LogP contribution in [0.3, 0.4) is 0 Å². The molecule has 0 aromatic carbocycles. The summed E-state index contributed by atoms with van der Waals surface area (Å²) in [7, 11) is 1.83. The average molecular weight is 444 g/mol. The minimum absolute atomic E-state index is 0. The molecule has 1 fully saturated rings. The van der Waals surface area contributed by atoms with Crippen LogP contribution in [-0.4, -0.2) is 74.8 Å². The van der Waals surface area contributed by atoms with Crippen LogP contribution in [0.15, 0.2) is 4.99 Å². The van der Waals surface area contributed by atoms with Crippen molar-refractivity contribution in [3.05, 3.63) is 0 Å². The Morgan fingerprint density at radius 1 is 1.41 bits per heavy atom. The van der Waals surface area contributed by atoms with Crippen molar-refractivity contribution in [3.8, 4) is 0 Å². The van der Waals surface area contributed by atoms with Crippen LogP contribution < -0.4 is 10.6 Å². The summed E-state index contributed by atoms with van der Waals surface area (Å²) in [6.07, 6.45) is 4.60. The Kier molecular flexibility index (Phi) is 13.9. The number of hydrogen-bond donors (Lipinski definition) is 2. The Morgan fingerprint density at radius 2 is 2.18 bits per heavy atom. The van der Waals surface area contributed by atoms with Gasteiger partial charge in [0.25, 0.3) is 0 Å². The summed E-state index contributed by atoms with van der Waals surface area (Å²) in [6.45, 7) is 9.10. The number of morpholine rings is 1. The van der Waals surface area contributed by atoms with Crippen molar-refractivity contribution in [2.45, 2.75) is 38.8 Å². The molecule has 7 heteroatoms. The highest BCUT2D eigenvalue weighted by Crippen LogP contribution is 2.09. The molecule has 132 valence electrons. The van der Waals surface area contributed by atoms with Gasteiger partial charge in [-0.1, -0.05) is 0 Å². The van der Waals surface area contributed by atoms with E-state index in [2.05, 4.69) is 40.6 Å². The minimum atomic E-state index is 0. The first-order valence-corrected chi connectivity index (χ1v) is 9.35. The minimum Gasteiger partial charge on any atom is -0.379 e. The number of halogens is 1. The summed E-state index contributed by atoms with van der Waals surface area (Å²) < 4.78 is 5.49. The highest BCUT2D eigenvalue weighted by atomic mass is 127. The molecule has 0 aromatic heterocycles. The average Bonchev–Trinajstić information content (AvgIpc) is 2.50. The van der Waals surface area contributed by atoms with Gasteiger partial charge in [0.1, 0.15) is 0 Å². The van der Waals surface area contributed by atoms with Crippen molar-refractivity contribution in [3.63, 3.8) is 0 Å². The molecule has 2 N–H and O–H groups in total. The number of hydrogen-bond acceptors (Lipinski definition) is 4. The van der Waals surface area contributed by atoms with Gasteiger partial charge in [-0.2, -0.15) is 11.8 Å². The smallest absolute Gasteiger partial charge is 0.191 e. The van der Waals surface area contributed by atoms with Crippen LogP contribution in [0.2, 0.25) is 0 Å². The standard InChI is InChI=1S/C15H32N4OS.HI/c1-13(19-8-9-20-12-14(19)2)11-18-15(16-3)17-7-5-6-10-21-4;/h13-14H,5-12H2,1-4H3,(H2,16,17,18);1H. The third kappa shape index (κ3) is 8.79. The van der Waals surface area contributed by atoms with Gasteiger partial charge in [-0.15, -0.1) is 24.0 Å². The molecular formula is C15H33IN4OS. The van der Waals surface area contributed by atoms with Crippen LogP contribution in [0, 0.1) is 0 Å². The number of guanidine groups is 1. The molecule has 5 nitrogen and oxygen atoms in total. The molecule has 22 heavy (non-hydrogen) atoms. The van der Waals surface area contributed by atoms with Gasteiger partial charge < -0.3 is 15.4 Å². The predicted molar refractivity (Wildman–Crippen MR) is 109 cm³/mol. The molecule has 0 aliphatic carbocycles. The van der Waals surface area contributed by atoms with Crippen LogP contribution in [0.1, 0.15) is 26.7 Å². The van der Waals surface area contributed by atoms with Crippen molar-refractivity contribution < 1.29 is 4.74 Å². The lowest BCUT2D eigenvalue weighted by Gasteiger charge is -2.38. The number of thioether (sulfide) groups is 1. The zero-order valence-electron chi connectivity index (χ0n) is 14.4. The molecule has 0 radical (unpaired) electrons. The van der Waals surface area contributed by atoms with Gasteiger partial charge in [-0.05, 0) is 38.7 Å². The van der Waals surface area contributed by atoms with E-state index < -0.39 is 0 Å². The monoisotopic (exact) mass is 444 g/mol. The number of unbranched alkanes of at least 4 members (excludes halogenated alkanes) is 1. The van der Waals surface area contributed by atoms with Crippen LogP contribution in [0.4, 0.5) is 0 Å². The van der Waals surface area contributed by atoms with Gasteiger partial charge in [0.2, 0.25) is 0 Å². The normalized spacial score (nSPS) is 21.1. The van der Waals surface area contributed by atoms with E-state index in [4.69, 9.17) is 4.74 Å². The zero-order chi connectivity index (χ0) is 15.5. The second kappa shape index (κ2) is 13.7. The fourth-order valence-corrected chi connectivity index (χ4v) is 3.05. The largest absolute Gasteiger partial charge is 0.379 e. The van der Waals surface area contributed by atoms with Gasteiger partial charge in [0, 0.05) is 38.8 Å². The lowest BCUT2D eigenvalue weighted by molar-refractivity contribution is -0.0174. The molecular weight excluding hydrogens is 411 g/mol. The first-order valence-electron chi connectivity index (χ1n) is 7.96. The fraction of sp³-hybridized carbons (Fsp3) is 0.933. The third-order valence-electron chi connectivity index (χ3n) is 3.84. The molecule has 0 bridgehead atoms. The predicted octanol–water partition coefficient (Wildman–Crippen LogP) is 2.02. The summed E-state index contributed by atoms with van der Waals surface area (Å²) in [5.41, 5.74) is 0. The first kappa shape index (κ1) is 22.3. The second-order valence-corrected chi connectivity index (χ2v) is 6.58. The molecule has 0 amide bonds. The van der Waals surface area contributed by atoms with Crippen molar-refractivity contribution in [1.82, 2.24) is 15.5 Å². The number of nitrogens with one attached hydrogen (secondary N) is 2. The lowest BCUT2D eigenvalue weighted by atomic mass is 10.2. The summed E-state index contributed by atoms with van der Waals surface area (Å²) >= 11 is 1.91. The van der Waals surface area contributed by atoms with E-state index in [1.165, 1.54) is 18.6 Å². The van der Waals surface area contributed by atoms with E-state index >= 15 is 0 Å². The van der Waals surface area contributed by atoms with Crippen molar-refractivity contribution in [2.75, 3.05) is 51.9 Å². The van der Waals surface area contributed by atoms with Crippen molar-refractivity contribution in [1.29, 1.82) is 0 Å². The highest BCUT2D eigenvalue weighted by molar-refractivity contribution is 14.0. The SMILES string of the molecule is CN=C(NCCCCSC)NCC(C)N1CCOCC1C.I. The Bertz CT molecular complexity index is 307. The maximum Gasteiger partial charge on any atom is 0.191 e. The zero-order valence-corrected chi connectivity index (χ0v) is 17.6. The molecule has 1 saturated heterocycles. The Hall–Kier alpha value is 0.270. The molecule has 1 aliphatic rings. The van der Waals surface area contributed by atoms with E-state index in [0.29, 0.717) is 12.1 Å². The van der Waals surface area contributed by atoms with E-state index in [0.717, 1.165) is 38.8 Å². The van der Waals surface area contributed by atoms with Gasteiger partial charge in [0.05, 0.1) is 13.2 Å². The van der Waals surface area contributed by atoms with E-state index in [-0.39, 0.29) is 24.0 Å². The fourth-order valence-electron chi connectivity index (χ4n) is 2.56. The summed E-state index contributed by atoms with van der Waals surface area (Å²) in [5, 5.41) is 6.81. The second-order valence-electron chi connectivity index (χ2n) is 5.59. The Morgan fingerprint density at radius 3 is 2.82 bits per heavy atom. The summed E-state index contributed by atoms with van der Waals surface area (Å²) in [4.78, 5) is 6.79. The topological polar surface area (TPSA) is 48.9 Å². The molecule has 0 saturated carbocycles. The molecule has 1 heterocycles. The van der Waals surface area contributed by atoms with Crippen molar-refractivity contribution >= 4 is 41.7 Å². The number of aliphatic imine (C=N–C) groups is 1. The highest BCUT2D eigenvalue weighted by Gasteiger charge is 2.23. The van der Waals surface area contributed by atoms with Gasteiger partial charge in [0.15, 0.2) is 5.96 Å². The van der Waals surface area contributed by atoms with Gasteiger partial charge in [-0.3, -0.25) is 9.89 Å². The van der Waals surface area contributed by atoms with E-state index in [1.54, 1.807) is 0 Å². The molecule has 1 aliphatic heterocycles. The number of rotatable bonds is 8. The molecule has 0 aromatic rings. The Labute approximate surface area is 157 Å². The maximum absolute atomic E-state index is 5.49. The quantitative estimate of drug-likeness (QED) is 0.260. The van der Waals surface area contributed by atoms with E-state index in [9.17, 15) is 0 Å². The third-order valence-corrected chi connectivity index (χ3v) is 4.54. The maximum atomic E-state index is 5.49. The lowest BCUT2D eigenvalue weighted by Crippen LogP contribution is -2.53. The van der Waals surface area contributed by atoms with Crippen LogP contribution >= 0.6 is 35.7 Å². The summed E-state index contributed by atoms with van der Waals surface area (Å²) in [6, 6.07) is 0.982. The van der Waals surface area contributed by atoms with Gasteiger partial charge in [-0.25, -0.2) is 0 Å². The van der Waals surface area contributed by atoms with Crippen molar-refractivity contribution in [2.24, 2.45) is 4.99 Å². The molecule has 1 rings (SSSR count). The number of nitrogens with zero attached hydrogens (tertiary/aromatic N) is 2. The van der Waals surface area contributed by atoms with Gasteiger partial charge >= 0.3 is 0 Å². The van der Waals surface area contributed by atoms with Crippen LogP contribution in [0.25, 0.3) is 0 Å². The van der Waals surface area contributed by atoms with Crippen LogP contribution in [0.5, 0.6) is 0 Å². The molecule has 2 atom stereocenters. The Balaban J connectivity index is 0.00000441. The number of ether oxygens (including phenoxy) is 1. The van der Waals surface area contributed by atoms with Crippen LogP contribution in [-0.2, 0) is 4.74 Å². The molecule has 0 spiro atoms. The van der Waals surface area contributed by atoms with E-state index in [1.807, 2.05) is 18.8 Å². The summed E-state index contributed by atoms with van der Waals surface area (Å²) in [5.74, 6) is 2.14.